The Balaban J connectivity index is 2.07. The molecular formula is C15H22N2O3S. The van der Waals surface area contributed by atoms with Crippen molar-refractivity contribution in [3.8, 4) is 5.75 Å². The zero-order valence-electron chi connectivity index (χ0n) is 12.5. The first-order chi connectivity index (χ1) is 10.2. The van der Waals surface area contributed by atoms with Crippen LogP contribution in [0.4, 0.5) is 5.69 Å². The van der Waals surface area contributed by atoms with Gasteiger partial charge in [-0.2, -0.15) is 11.8 Å². The van der Waals surface area contributed by atoms with Crippen LogP contribution in [0, 0.1) is 10.1 Å². The highest BCUT2D eigenvalue weighted by atomic mass is 32.2. The van der Waals surface area contributed by atoms with Gasteiger partial charge in [0, 0.05) is 35.5 Å². The second-order valence-electron chi connectivity index (χ2n) is 5.30. The molecular weight excluding hydrogens is 288 g/mol. The Morgan fingerprint density at radius 1 is 1.43 bits per heavy atom. The molecule has 2 unspecified atom stereocenters. The van der Waals surface area contributed by atoms with E-state index in [1.165, 1.54) is 31.7 Å². The molecule has 0 bridgehead atoms. The van der Waals surface area contributed by atoms with Crippen LogP contribution in [0.5, 0.6) is 5.75 Å². The molecule has 1 aromatic carbocycles. The van der Waals surface area contributed by atoms with Gasteiger partial charge in [0.2, 0.25) is 0 Å². The number of nitrogens with zero attached hydrogens (tertiary/aromatic N) is 1. The van der Waals surface area contributed by atoms with E-state index in [4.69, 9.17) is 4.74 Å². The van der Waals surface area contributed by atoms with Gasteiger partial charge in [-0.05, 0) is 25.2 Å². The fraction of sp³-hybridized carbons (Fsp3) is 0.600. The lowest BCUT2D eigenvalue weighted by molar-refractivity contribution is -0.384. The fourth-order valence-corrected chi connectivity index (χ4v) is 3.83. The van der Waals surface area contributed by atoms with E-state index in [0.717, 1.165) is 5.56 Å². The van der Waals surface area contributed by atoms with Crippen LogP contribution in [0.2, 0.25) is 0 Å². The lowest BCUT2D eigenvalue weighted by Gasteiger charge is -2.31. The van der Waals surface area contributed by atoms with Gasteiger partial charge in [-0.3, -0.25) is 10.1 Å². The van der Waals surface area contributed by atoms with Crippen LogP contribution in [0.3, 0.4) is 0 Å². The summed E-state index contributed by atoms with van der Waals surface area (Å²) in [5.41, 5.74) is 0.954. The van der Waals surface area contributed by atoms with Gasteiger partial charge in [0.05, 0.1) is 12.0 Å². The van der Waals surface area contributed by atoms with Crippen molar-refractivity contribution in [2.24, 2.45) is 0 Å². The first-order valence-corrected chi connectivity index (χ1v) is 8.52. The lowest BCUT2D eigenvalue weighted by Crippen LogP contribution is -2.40. The predicted octanol–water partition coefficient (Wildman–Crippen LogP) is 3.37. The third-order valence-electron chi connectivity index (χ3n) is 4.03. The zero-order chi connectivity index (χ0) is 15.2. The predicted molar refractivity (Wildman–Crippen MR) is 86.0 cm³/mol. The Bertz CT molecular complexity index is 496. The summed E-state index contributed by atoms with van der Waals surface area (Å²) in [6.45, 7) is 0.604. The molecule has 6 heteroatoms. The molecule has 0 saturated heterocycles. The summed E-state index contributed by atoms with van der Waals surface area (Å²) < 4.78 is 5.31. The summed E-state index contributed by atoms with van der Waals surface area (Å²) in [5.74, 6) is 0.699. The summed E-state index contributed by atoms with van der Waals surface area (Å²) in [6, 6.07) is 5.22. The number of thioether (sulfide) groups is 1. The molecule has 0 aromatic heterocycles. The second kappa shape index (κ2) is 7.66. The van der Waals surface area contributed by atoms with E-state index in [-0.39, 0.29) is 10.6 Å². The molecule has 116 valence electrons. The van der Waals surface area contributed by atoms with E-state index in [1.807, 2.05) is 11.8 Å². The summed E-state index contributed by atoms with van der Waals surface area (Å²) in [7, 11) is 1.59. The zero-order valence-corrected chi connectivity index (χ0v) is 13.3. The van der Waals surface area contributed by atoms with Gasteiger partial charge in [0.25, 0.3) is 5.69 Å². The van der Waals surface area contributed by atoms with Crippen molar-refractivity contribution in [1.29, 1.82) is 0 Å². The van der Waals surface area contributed by atoms with Crippen LogP contribution in [0.1, 0.15) is 31.2 Å². The Hall–Kier alpha value is -1.27. The molecule has 1 aliphatic carbocycles. The van der Waals surface area contributed by atoms with E-state index in [9.17, 15) is 10.1 Å². The maximum Gasteiger partial charge on any atom is 0.270 e. The number of rotatable bonds is 6. The molecule has 21 heavy (non-hydrogen) atoms. The molecule has 1 N–H and O–H groups in total. The maximum absolute atomic E-state index is 10.9. The van der Waals surface area contributed by atoms with Gasteiger partial charge >= 0.3 is 0 Å². The normalized spacial score (nSPS) is 22.0. The lowest BCUT2D eigenvalue weighted by atomic mass is 9.94. The van der Waals surface area contributed by atoms with Gasteiger partial charge in [-0.25, -0.2) is 0 Å². The second-order valence-corrected chi connectivity index (χ2v) is 6.38. The van der Waals surface area contributed by atoms with Crippen molar-refractivity contribution in [3.05, 3.63) is 33.9 Å². The first-order valence-electron chi connectivity index (χ1n) is 7.23. The molecule has 2 rings (SSSR count). The molecule has 0 heterocycles. The van der Waals surface area contributed by atoms with E-state index in [1.54, 1.807) is 19.2 Å². The van der Waals surface area contributed by atoms with Crippen LogP contribution >= 0.6 is 11.8 Å². The van der Waals surface area contributed by atoms with E-state index in [0.29, 0.717) is 23.6 Å². The largest absolute Gasteiger partial charge is 0.496 e. The minimum atomic E-state index is -0.367. The summed E-state index contributed by atoms with van der Waals surface area (Å²) in [6.07, 6.45) is 7.11. The number of hydrogen-bond acceptors (Lipinski definition) is 5. The number of hydrogen-bond donors (Lipinski definition) is 1. The SMILES string of the molecule is COc1ccc([N+](=O)[O-])cc1CNC1CCCCC1SC. The average Bonchev–Trinajstić information content (AvgIpc) is 2.52. The maximum atomic E-state index is 10.9. The number of benzene rings is 1. The van der Waals surface area contributed by atoms with Gasteiger partial charge in [0.15, 0.2) is 0 Å². The molecule has 0 amide bonds. The van der Waals surface area contributed by atoms with Crippen LogP contribution in [-0.2, 0) is 6.54 Å². The number of ether oxygens (including phenoxy) is 1. The molecule has 0 spiro atoms. The van der Waals surface area contributed by atoms with Crippen molar-refractivity contribution < 1.29 is 9.66 Å². The molecule has 5 nitrogen and oxygen atoms in total. The van der Waals surface area contributed by atoms with Gasteiger partial charge in [0.1, 0.15) is 5.75 Å². The van der Waals surface area contributed by atoms with Crippen LogP contribution < -0.4 is 10.1 Å². The summed E-state index contributed by atoms with van der Waals surface area (Å²) >= 11 is 1.91. The van der Waals surface area contributed by atoms with E-state index in [2.05, 4.69) is 11.6 Å². The highest BCUT2D eigenvalue weighted by Gasteiger charge is 2.24. The van der Waals surface area contributed by atoms with E-state index < -0.39 is 0 Å². The number of nitrogens with one attached hydrogen (secondary N) is 1. The minimum Gasteiger partial charge on any atom is -0.496 e. The van der Waals surface area contributed by atoms with Crippen molar-refractivity contribution in [2.45, 2.75) is 43.5 Å². The Labute approximate surface area is 129 Å². The monoisotopic (exact) mass is 310 g/mol. The molecule has 0 aliphatic heterocycles. The smallest absolute Gasteiger partial charge is 0.270 e. The number of nitro groups is 1. The average molecular weight is 310 g/mol. The molecule has 0 radical (unpaired) electrons. The highest BCUT2D eigenvalue weighted by Crippen LogP contribution is 2.29. The minimum absolute atomic E-state index is 0.109. The molecule has 1 aromatic rings. The third kappa shape index (κ3) is 4.11. The standard InChI is InChI=1S/C15H22N2O3S/c1-20-14-8-7-12(17(18)19)9-11(14)10-16-13-5-3-4-6-15(13)21-2/h7-9,13,15-16H,3-6,10H2,1-2H3. The quantitative estimate of drug-likeness (QED) is 0.644. The number of nitro benzene ring substituents is 1. The first kappa shape index (κ1) is 16.1. The van der Waals surface area contributed by atoms with Crippen LogP contribution in [-0.4, -0.2) is 29.6 Å². The third-order valence-corrected chi connectivity index (χ3v) is 5.20. The van der Waals surface area contributed by atoms with Gasteiger partial charge in [-0.1, -0.05) is 12.8 Å². The Morgan fingerprint density at radius 2 is 2.19 bits per heavy atom. The van der Waals surface area contributed by atoms with Crippen molar-refractivity contribution in [2.75, 3.05) is 13.4 Å². The Kier molecular flexibility index (Phi) is 5.87. The Morgan fingerprint density at radius 3 is 2.86 bits per heavy atom. The number of methoxy groups -OCH3 is 1. The van der Waals surface area contributed by atoms with Crippen LogP contribution in [0.15, 0.2) is 18.2 Å². The molecule has 2 atom stereocenters. The fourth-order valence-electron chi connectivity index (χ4n) is 2.87. The van der Waals surface area contributed by atoms with Crippen molar-refractivity contribution in [1.82, 2.24) is 5.32 Å². The summed E-state index contributed by atoms with van der Waals surface area (Å²) in [5, 5.41) is 15.1. The molecule has 1 aliphatic rings. The number of non-ortho nitro benzene ring substituents is 1. The van der Waals surface area contributed by atoms with Crippen molar-refractivity contribution >= 4 is 17.4 Å². The topological polar surface area (TPSA) is 64.4 Å². The van der Waals surface area contributed by atoms with Crippen LogP contribution in [0.25, 0.3) is 0 Å². The molecule has 1 fully saturated rings. The van der Waals surface area contributed by atoms with Gasteiger partial charge < -0.3 is 10.1 Å². The molecule has 1 saturated carbocycles. The van der Waals surface area contributed by atoms with Gasteiger partial charge in [-0.15, -0.1) is 0 Å². The van der Waals surface area contributed by atoms with Crippen molar-refractivity contribution in [3.63, 3.8) is 0 Å². The summed E-state index contributed by atoms with van der Waals surface area (Å²) in [4.78, 5) is 10.5. The highest BCUT2D eigenvalue weighted by molar-refractivity contribution is 7.99. The van der Waals surface area contributed by atoms with E-state index >= 15 is 0 Å².